The molecule has 0 saturated heterocycles. The van der Waals surface area contributed by atoms with Crippen molar-refractivity contribution in [2.45, 2.75) is 25.8 Å². The van der Waals surface area contributed by atoms with E-state index in [1.54, 1.807) is 11.3 Å². The second-order valence-electron chi connectivity index (χ2n) is 5.04. The molecule has 2 heterocycles. The molecule has 0 radical (unpaired) electrons. The number of aryl methyl sites for hydroxylation is 1. The van der Waals surface area contributed by atoms with E-state index in [2.05, 4.69) is 51.9 Å². The highest BCUT2D eigenvalue weighted by molar-refractivity contribution is 9.10. The molecular weight excluding hydrogens is 336 g/mol. The molecule has 0 fully saturated rings. The summed E-state index contributed by atoms with van der Waals surface area (Å²) in [5.74, 6) is 6.81. The molecule has 1 aromatic carbocycles. The normalized spacial score (nSPS) is 14.9. The van der Waals surface area contributed by atoms with Crippen molar-refractivity contribution in [1.29, 1.82) is 0 Å². The van der Waals surface area contributed by atoms with Gasteiger partial charge in [-0.05, 0) is 53.6 Å². The van der Waals surface area contributed by atoms with Crippen LogP contribution in [0.2, 0.25) is 0 Å². The molecule has 0 aliphatic carbocycles. The Labute approximate surface area is 131 Å². The highest BCUT2D eigenvalue weighted by Crippen LogP contribution is 2.36. The maximum absolute atomic E-state index is 5.79. The van der Waals surface area contributed by atoms with Crippen molar-refractivity contribution in [2.24, 2.45) is 5.84 Å². The van der Waals surface area contributed by atoms with Crippen LogP contribution in [0.5, 0.6) is 5.75 Å². The Hall–Kier alpha value is -0.880. The van der Waals surface area contributed by atoms with Crippen molar-refractivity contribution < 1.29 is 4.74 Å². The molecule has 0 saturated carbocycles. The molecule has 106 valence electrons. The molecule has 3 rings (SSSR count). The van der Waals surface area contributed by atoms with Crippen LogP contribution >= 0.6 is 27.3 Å². The summed E-state index contributed by atoms with van der Waals surface area (Å²) in [4.78, 5) is 1.29. The second kappa shape index (κ2) is 5.85. The lowest BCUT2D eigenvalue weighted by atomic mass is 10.00. The van der Waals surface area contributed by atoms with Crippen LogP contribution in [-0.2, 0) is 12.8 Å². The van der Waals surface area contributed by atoms with E-state index in [0.29, 0.717) is 0 Å². The lowest BCUT2D eigenvalue weighted by Gasteiger charge is -2.18. The van der Waals surface area contributed by atoms with E-state index in [1.165, 1.54) is 21.6 Å². The third-order valence-electron chi connectivity index (χ3n) is 3.67. The number of ether oxygens (including phenoxy) is 1. The van der Waals surface area contributed by atoms with E-state index in [1.807, 2.05) is 0 Å². The molecule has 0 bridgehead atoms. The zero-order chi connectivity index (χ0) is 14.1. The first-order chi connectivity index (χ1) is 9.69. The summed E-state index contributed by atoms with van der Waals surface area (Å²) >= 11 is 5.33. The van der Waals surface area contributed by atoms with E-state index in [4.69, 9.17) is 10.6 Å². The van der Waals surface area contributed by atoms with Gasteiger partial charge in [0.25, 0.3) is 0 Å². The molecule has 2 aromatic rings. The lowest BCUT2D eigenvalue weighted by Crippen LogP contribution is -2.29. The molecule has 1 aliphatic heterocycles. The summed E-state index contributed by atoms with van der Waals surface area (Å²) in [7, 11) is 0. The molecule has 1 atom stereocenters. The van der Waals surface area contributed by atoms with Gasteiger partial charge in [-0.1, -0.05) is 15.9 Å². The minimum atomic E-state index is 0.123. The molecule has 5 heteroatoms. The summed E-state index contributed by atoms with van der Waals surface area (Å²) in [6.45, 7) is 2.90. The van der Waals surface area contributed by atoms with Crippen molar-refractivity contribution in [2.75, 3.05) is 6.61 Å². The Morgan fingerprint density at radius 3 is 3.05 bits per heavy atom. The van der Waals surface area contributed by atoms with Gasteiger partial charge in [0.2, 0.25) is 0 Å². The zero-order valence-electron chi connectivity index (χ0n) is 11.3. The van der Waals surface area contributed by atoms with E-state index >= 15 is 0 Å². The Morgan fingerprint density at radius 1 is 1.50 bits per heavy atom. The fraction of sp³-hybridized carbons (Fsp3) is 0.333. The topological polar surface area (TPSA) is 47.3 Å². The van der Waals surface area contributed by atoms with Crippen LogP contribution in [0.1, 0.15) is 27.6 Å². The number of nitrogens with two attached hydrogens (primary N) is 1. The number of rotatable bonds is 4. The quantitative estimate of drug-likeness (QED) is 0.653. The molecule has 1 aromatic heterocycles. The van der Waals surface area contributed by atoms with Crippen LogP contribution in [-0.4, -0.2) is 6.61 Å². The summed E-state index contributed by atoms with van der Waals surface area (Å²) in [6, 6.07) is 6.54. The number of halogens is 1. The average Bonchev–Trinajstić information content (AvgIpc) is 3.04. The predicted octanol–water partition coefficient (Wildman–Crippen LogP) is 3.50. The molecule has 3 nitrogen and oxygen atoms in total. The minimum Gasteiger partial charge on any atom is -0.493 e. The van der Waals surface area contributed by atoms with Gasteiger partial charge in [-0.15, -0.1) is 11.3 Å². The van der Waals surface area contributed by atoms with Gasteiger partial charge in [0.1, 0.15) is 5.75 Å². The van der Waals surface area contributed by atoms with E-state index < -0.39 is 0 Å². The van der Waals surface area contributed by atoms with Crippen LogP contribution < -0.4 is 16.0 Å². The Morgan fingerprint density at radius 2 is 2.35 bits per heavy atom. The number of hydrogen-bond acceptors (Lipinski definition) is 4. The van der Waals surface area contributed by atoms with Gasteiger partial charge in [0.05, 0.1) is 12.6 Å². The number of thiophene rings is 1. The minimum absolute atomic E-state index is 0.123. The highest BCUT2D eigenvalue weighted by atomic mass is 79.9. The standard InChI is InChI=1S/C15H17BrN2OS/c1-9-3-5-20-15(9)13(18-17)8-11-7-12(16)6-10-2-4-19-14(10)11/h3,5-7,13,18H,2,4,8,17H2,1H3. The first-order valence-corrected chi connectivity index (χ1v) is 8.30. The van der Waals surface area contributed by atoms with E-state index in [0.717, 1.165) is 29.7 Å². The maximum atomic E-state index is 5.79. The molecule has 1 aliphatic rings. The van der Waals surface area contributed by atoms with Crippen LogP contribution in [0, 0.1) is 6.92 Å². The predicted molar refractivity (Wildman–Crippen MR) is 86.2 cm³/mol. The summed E-state index contributed by atoms with van der Waals surface area (Å²) in [5, 5.41) is 2.11. The van der Waals surface area contributed by atoms with Gasteiger partial charge in [0, 0.05) is 15.8 Å². The van der Waals surface area contributed by atoms with Crippen molar-refractivity contribution in [3.63, 3.8) is 0 Å². The van der Waals surface area contributed by atoms with Crippen LogP contribution in [0.4, 0.5) is 0 Å². The second-order valence-corrected chi connectivity index (χ2v) is 6.91. The third-order valence-corrected chi connectivity index (χ3v) is 5.26. The van der Waals surface area contributed by atoms with Crippen LogP contribution in [0.3, 0.4) is 0 Å². The van der Waals surface area contributed by atoms with Gasteiger partial charge < -0.3 is 4.74 Å². The smallest absolute Gasteiger partial charge is 0.125 e. The Balaban J connectivity index is 1.92. The summed E-state index contributed by atoms with van der Waals surface area (Å²) in [6.07, 6.45) is 1.82. The number of benzene rings is 1. The summed E-state index contributed by atoms with van der Waals surface area (Å²) in [5.41, 5.74) is 6.72. The first kappa shape index (κ1) is 14.1. The van der Waals surface area contributed by atoms with Crippen LogP contribution in [0.25, 0.3) is 0 Å². The van der Waals surface area contributed by atoms with Crippen molar-refractivity contribution in [3.8, 4) is 5.75 Å². The molecular formula is C15H17BrN2OS. The van der Waals surface area contributed by atoms with Crippen molar-refractivity contribution in [3.05, 3.63) is 49.6 Å². The number of hydrazine groups is 1. The van der Waals surface area contributed by atoms with Gasteiger partial charge >= 0.3 is 0 Å². The maximum Gasteiger partial charge on any atom is 0.125 e. The van der Waals surface area contributed by atoms with Crippen molar-refractivity contribution in [1.82, 2.24) is 5.43 Å². The Bertz CT molecular complexity index is 626. The van der Waals surface area contributed by atoms with E-state index in [9.17, 15) is 0 Å². The first-order valence-electron chi connectivity index (χ1n) is 6.63. The van der Waals surface area contributed by atoms with Gasteiger partial charge in [-0.3, -0.25) is 11.3 Å². The highest BCUT2D eigenvalue weighted by Gasteiger charge is 2.21. The fourth-order valence-corrected chi connectivity index (χ4v) is 4.23. The zero-order valence-corrected chi connectivity index (χ0v) is 13.7. The molecule has 3 N–H and O–H groups in total. The molecule has 0 spiro atoms. The monoisotopic (exact) mass is 352 g/mol. The van der Waals surface area contributed by atoms with Gasteiger partial charge in [0.15, 0.2) is 0 Å². The molecule has 0 amide bonds. The average molecular weight is 353 g/mol. The number of hydrogen-bond donors (Lipinski definition) is 2. The number of fused-ring (bicyclic) bond motifs is 1. The molecule has 1 unspecified atom stereocenters. The Kier molecular flexibility index (Phi) is 4.12. The van der Waals surface area contributed by atoms with Gasteiger partial charge in [-0.2, -0.15) is 0 Å². The van der Waals surface area contributed by atoms with Crippen LogP contribution in [0.15, 0.2) is 28.1 Å². The van der Waals surface area contributed by atoms with Gasteiger partial charge in [-0.25, -0.2) is 0 Å². The third kappa shape index (κ3) is 2.63. The largest absolute Gasteiger partial charge is 0.493 e. The molecule has 20 heavy (non-hydrogen) atoms. The fourth-order valence-electron chi connectivity index (χ4n) is 2.69. The lowest BCUT2D eigenvalue weighted by molar-refractivity contribution is 0.351. The van der Waals surface area contributed by atoms with E-state index in [-0.39, 0.29) is 6.04 Å². The number of nitrogens with one attached hydrogen (secondary N) is 1. The SMILES string of the molecule is Cc1ccsc1C(Cc1cc(Br)cc2c1OCC2)NN. The summed E-state index contributed by atoms with van der Waals surface area (Å²) < 4.78 is 6.90. The van der Waals surface area contributed by atoms with Crippen molar-refractivity contribution >= 4 is 27.3 Å².